The summed E-state index contributed by atoms with van der Waals surface area (Å²) >= 11 is 1.84. The molecule has 8 nitrogen and oxygen atoms in total. The highest BCUT2D eigenvalue weighted by atomic mass is 127. The van der Waals surface area contributed by atoms with E-state index in [-0.39, 0.29) is 6.61 Å². The third kappa shape index (κ3) is 5.40. The summed E-state index contributed by atoms with van der Waals surface area (Å²) in [6, 6.07) is 0. The Bertz CT molecular complexity index is 412. The topological polar surface area (TPSA) is 108 Å². The Morgan fingerprint density at radius 2 is 1.57 bits per heavy atom. The number of aliphatic hydroxyl groups is 1. The molecule has 0 saturated carbocycles. The minimum Gasteiger partial charge on any atom is -0.463 e. The quantitative estimate of drug-likeness (QED) is 0.294. The molecular weight excluding hydrogens is 399 g/mol. The van der Waals surface area contributed by atoms with Gasteiger partial charge in [0.1, 0.15) is 16.6 Å². The monoisotopic (exact) mass is 416 g/mol. The summed E-state index contributed by atoms with van der Waals surface area (Å²) in [6.45, 7) is 3.38. The molecule has 1 saturated heterocycles. The van der Waals surface area contributed by atoms with E-state index in [2.05, 4.69) is 0 Å². The number of rotatable bonds is 4. The van der Waals surface area contributed by atoms with Crippen LogP contribution in [0.25, 0.3) is 0 Å². The number of aliphatic hydroxyl groups excluding tert-OH is 1. The van der Waals surface area contributed by atoms with Crippen LogP contribution >= 0.6 is 22.6 Å². The molecule has 1 fully saturated rings. The molecular formula is C12H17IO8. The highest BCUT2D eigenvalue weighted by molar-refractivity contribution is 14.1. The first-order valence-corrected chi connectivity index (χ1v) is 7.42. The molecule has 0 amide bonds. The minimum absolute atomic E-state index is 0.231. The summed E-state index contributed by atoms with van der Waals surface area (Å²) < 4.78 is 19.7. The van der Waals surface area contributed by atoms with Gasteiger partial charge in [-0.15, -0.1) is 0 Å². The van der Waals surface area contributed by atoms with Crippen molar-refractivity contribution in [3.05, 3.63) is 0 Å². The van der Waals surface area contributed by atoms with Gasteiger partial charge in [-0.1, -0.05) is 22.6 Å². The molecule has 1 N–H and O–H groups in total. The van der Waals surface area contributed by atoms with Gasteiger partial charge in [-0.3, -0.25) is 14.4 Å². The minimum atomic E-state index is -1.25. The lowest BCUT2D eigenvalue weighted by Gasteiger charge is -2.41. The Labute approximate surface area is 135 Å². The van der Waals surface area contributed by atoms with E-state index >= 15 is 0 Å². The first-order chi connectivity index (χ1) is 9.72. The van der Waals surface area contributed by atoms with E-state index in [1.54, 1.807) is 0 Å². The van der Waals surface area contributed by atoms with Gasteiger partial charge in [-0.25, -0.2) is 0 Å². The summed E-state index contributed by atoms with van der Waals surface area (Å²) in [5.74, 6) is -1.73. The van der Waals surface area contributed by atoms with Crippen LogP contribution in [0.1, 0.15) is 20.8 Å². The molecule has 1 aliphatic rings. The van der Waals surface area contributed by atoms with Crippen LogP contribution in [0.2, 0.25) is 0 Å². The van der Waals surface area contributed by atoms with Gasteiger partial charge >= 0.3 is 17.9 Å². The van der Waals surface area contributed by atoms with Crippen molar-refractivity contribution < 1.29 is 38.4 Å². The number of esters is 3. The Kier molecular flexibility index (Phi) is 6.81. The van der Waals surface area contributed by atoms with Crippen molar-refractivity contribution in [2.75, 3.05) is 6.61 Å². The van der Waals surface area contributed by atoms with E-state index in [0.29, 0.717) is 0 Å². The Hall–Kier alpha value is -0.940. The van der Waals surface area contributed by atoms with Gasteiger partial charge in [0.2, 0.25) is 0 Å². The maximum Gasteiger partial charge on any atom is 0.303 e. The average molecular weight is 416 g/mol. The fourth-order valence-electron chi connectivity index (χ4n) is 1.88. The summed E-state index contributed by atoms with van der Waals surface area (Å²) in [5, 5.41) is 9.85. The lowest BCUT2D eigenvalue weighted by Crippen LogP contribution is -2.59. The molecule has 0 spiro atoms. The van der Waals surface area contributed by atoms with E-state index in [4.69, 9.17) is 18.9 Å². The van der Waals surface area contributed by atoms with Crippen LogP contribution in [-0.2, 0) is 33.3 Å². The summed E-state index contributed by atoms with van der Waals surface area (Å²) in [6.07, 6.45) is -4.06. The maximum atomic E-state index is 11.2. The zero-order chi connectivity index (χ0) is 16.2. The highest BCUT2D eigenvalue weighted by Crippen LogP contribution is 2.30. The highest BCUT2D eigenvalue weighted by Gasteiger charge is 2.48. The fraction of sp³-hybridized carbons (Fsp3) is 0.750. The van der Waals surface area contributed by atoms with Crippen LogP contribution in [0.5, 0.6) is 0 Å². The summed E-state index contributed by atoms with van der Waals surface area (Å²) in [5.41, 5.74) is 0. The molecule has 1 aliphatic heterocycles. The van der Waals surface area contributed by atoms with Crippen LogP contribution in [0.3, 0.4) is 0 Å². The molecule has 21 heavy (non-hydrogen) atoms. The third-order valence-electron chi connectivity index (χ3n) is 2.65. The molecule has 0 aromatic carbocycles. The molecule has 0 aliphatic carbocycles. The smallest absolute Gasteiger partial charge is 0.303 e. The third-order valence-corrected chi connectivity index (χ3v) is 3.97. The van der Waals surface area contributed by atoms with Crippen molar-refractivity contribution in [1.29, 1.82) is 0 Å². The number of hydrogen-bond donors (Lipinski definition) is 1. The van der Waals surface area contributed by atoms with Crippen molar-refractivity contribution in [3.8, 4) is 0 Å². The summed E-state index contributed by atoms with van der Waals surface area (Å²) in [4.78, 5) is 33.3. The van der Waals surface area contributed by atoms with Gasteiger partial charge in [0.05, 0.1) is 0 Å². The van der Waals surface area contributed by atoms with Gasteiger partial charge in [0, 0.05) is 20.8 Å². The van der Waals surface area contributed by atoms with Gasteiger partial charge in [-0.05, 0) is 0 Å². The fourth-order valence-corrected chi connectivity index (χ4v) is 2.60. The van der Waals surface area contributed by atoms with E-state index in [0.717, 1.165) is 0 Å². The zero-order valence-corrected chi connectivity index (χ0v) is 13.9. The van der Waals surface area contributed by atoms with E-state index in [1.165, 1.54) is 20.8 Å². The van der Waals surface area contributed by atoms with Crippen molar-refractivity contribution in [2.45, 2.75) is 49.3 Å². The van der Waals surface area contributed by atoms with Crippen LogP contribution < -0.4 is 0 Å². The number of carbonyl (C=O) groups is 3. The average Bonchev–Trinajstić information content (AvgIpc) is 2.35. The molecule has 5 atom stereocenters. The number of carbonyl (C=O) groups excluding carboxylic acids is 3. The van der Waals surface area contributed by atoms with Crippen LogP contribution in [0.15, 0.2) is 0 Å². The Morgan fingerprint density at radius 3 is 2.05 bits per heavy atom. The van der Waals surface area contributed by atoms with Crippen molar-refractivity contribution in [2.24, 2.45) is 0 Å². The number of ether oxygens (including phenoxy) is 4. The largest absolute Gasteiger partial charge is 0.463 e. The van der Waals surface area contributed by atoms with E-state index < -0.39 is 46.4 Å². The second-order valence-electron chi connectivity index (χ2n) is 4.46. The SMILES string of the molecule is CC(=O)OC[C@H]1OC(O)C(I)[C@@H](OC(C)=O)[C@H]1OC(C)=O. The number of alkyl halides is 1. The lowest BCUT2D eigenvalue weighted by molar-refractivity contribution is -0.246. The standard InChI is InChI=1S/C12H17IO8/c1-5(14)18-4-8-10(19-6(2)15)11(20-7(3)16)9(13)12(17)21-8/h8-12,17H,4H2,1-3H3/t8-,9?,10+,11-,12?/m1/s1. The molecule has 120 valence electrons. The van der Waals surface area contributed by atoms with Gasteiger partial charge < -0.3 is 24.1 Å². The number of halogens is 1. The Morgan fingerprint density at radius 1 is 1.05 bits per heavy atom. The van der Waals surface area contributed by atoms with Gasteiger partial charge in [0.15, 0.2) is 18.5 Å². The second-order valence-corrected chi connectivity index (χ2v) is 5.90. The van der Waals surface area contributed by atoms with Gasteiger partial charge in [0.25, 0.3) is 0 Å². The molecule has 0 bridgehead atoms. The zero-order valence-electron chi connectivity index (χ0n) is 11.8. The first kappa shape index (κ1) is 18.1. The molecule has 0 radical (unpaired) electrons. The maximum absolute atomic E-state index is 11.2. The summed E-state index contributed by atoms with van der Waals surface area (Å²) in [7, 11) is 0. The molecule has 0 aromatic heterocycles. The van der Waals surface area contributed by atoms with Crippen LogP contribution in [0.4, 0.5) is 0 Å². The molecule has 9 heteroatoms. The lowest BCUT2D eigenvalue weighted by atomic mass is 10.0. The molecule has 2 unspecified atom stereocenters. The number of hydrogen-bond acceptors (Lipinski definition) is 8. The first-order valence-electron chi connectivity index (χ1n) is 6.17. The molecule has 1 rings (SSSR count). The molecule has 0 aromatic rings. The van der Waals surface area contributed by atoms with E-state index in [1.807, 2.05) is 22.6 Å². The van der Waals surface area contributed by atoms with Crippen molar-refractivity contribution >= 4 is 40.5 Å². The van der Waals surface area contributed by atoms with Gasteiger partial charge in [-0.2, -0.15) is 0 Å². The van der Waals surface area contributed by atoms with Crippen molar-refractivity contribution in [1.82, 2.24) is 0 Å². The van der Waals surface area contributed by atoms with Crippen LogP contribution in [-0.4, -0.2) is 58.1 Å². The van der Waals surface area contributed by atoms with Crippen molar-refractivity contribution in [3.63, 3.8) is 0 Å². The normalized spacial score (nSPS) is 32.1. The second kappa shape index (κ2) is 7.90. The molecule has 1 heterocycles. The van der Waals surface area contributed by atoms with E-state index in [9.17, 15) is 19.5 Å². The predicted octanol–water partition coefficient (Wildman–Crippen LogP) is -0.0663. The predicted molar refractivity (Wildman–Crippen MR) is 76.4 cm³/mol. The Balaban J connectivity index is 2.94. The van der Waals surface area contributed by atoms with Crippen LogP contribution in [0, 0.1) is 0 Å².